The topological polar surface area (TPSA) is 108 Å². The van der Waals surface area contributed by atoms with Gasteiger partial charge in [-0.1, -0.05) is 30.3 Å². The van der Waals surface area contributed by atoms with Crippen LogP contribution in [0.25, 0.3) is 0 Å². The third-order valence-electron chi connectivity index (χ3n) is 7.47. The molecule has 2 aliphatic heterocycles. The van der Waals surface area contributed by atoms with Gasteiger partial charge < -0.3 is 29.7 Å². The molecule has 9 nitrogen and oxygen atoms in total. The number of halogens is 3. The fourth-order valence-corrected chi connectivity index (χ4v) is 5.39. The fraction of sp³-hybridized carbons (Fsp3) is 0.483. The van der Waals surface area contributed by atoms with Crippen molar-refractivity contribution in [2.75, 3.05) is 38.3 Å². The smallest absolute Gasteiger partial charge is 0.417 e. The first-order chi connectivity index (χ1) is 19.3. The van der Waals surface area contributed by atoms with Crippen molar-refractivity contribution in [3.8, 4) is 5.75 Å². The van der Waals surface area contributed by atoms with Gasteiger partial charge in [0, 0.05) is 39.3 Å². The van der Waals surface area contributed by atoms with E-state index in [-0.39, 0.29) is 37.0 Å². The van der Waals surface area contributed by atoms with Crippen molar-refractivity contribution >= 4 is 23.6 Å². The number of unbranched alkanes of at least 4 members (excludes halogenated alkanes) is 1. The molecule has 0 radical (unpaired) electrons. The molecule has 2 aromatic rings. The number of hydrogen-bond acceptors (Lipinski definition) is 5. The van der Waals surface area contributed by atoms with Crippen LogP contribution in [0.4, 0.5) is 23.7 Å². The highest BCUT2D eigenvalue weighted by molar-refractivity contribution is 6.05. The summed E-state index contributed by atoms with van der Waals surface area (Å²) in [6.45, 7) is 3.74. The summed E-state index contributed by atoms with van der Waals surface area (Å²) in [5, 5.41) is 12.2. The standard InChI is InChI=1S/C29H34F3N3O6/c1-28(2)26(37)35(12-7-8-14-40-3)23-15-20(21(29(30,31)32)16-24(23)41-28)25(36)33-22-17-34(27(38)39)13-11-19(22)18-9-5-4-6-10-18/h4-6,9-10,15-16,19,22H,7-8,11-14,17H2,1-3H3,(H,33,36)(H,38,39)/t19-,22-/m1/s1. The van der Waals surface area contributed by atoms with E-state index in [1.54, 1.807) is 7.11 Å². The number of rotatable bonds is 8. The number of hydrogen-bond donors (Lipinski definition) is 2. The van der Waals surface area contributed by atoms with Crippen LogP contribution in [-0.4, -0.2) is 72.9 Å². The van der Waals surface area contributed by atoms with E-state index >= 15 is 0 Å². The zero-order valence-corrected chi connectivity index (χ0v) is 23.2. The number of methoxy groups -OCH3 is 1. The molecule has 2 N–H and O–H groups in total. The molecular weight excluding hydrogens is 543 g/mol. The average molecular weight is 578 g/mol. The monoisotopic (exact) mass is 577 g/mol. The zero-order chi connectivity index (χ0) is 29.9. The molecule has 2 atom stereocenters. The van der Waals surface area contributed by atoms with Gasteiger partial charge in [0.15, 0.2) is 5.60 Å². The highest BCUT2D eigenvalue weighted by atomic mass is 19.4. The molecule has 0 bridgehead atoms. The molecule has 0 saturated carbocycles. The van der Waals surface area contributed by atoms with E-state index in [0.29, 0.717) is 25.9 Å². The van der Waals surface area contributed by atoms with Gasteiger partial charge in [-0.2, -0.15) is 13.2 Å². The lowest BCUT2D eigenvalue weighted by Crippen LogP contribution is -2.53. The normalized spacial score (nSPS) is 20.3. The van der Waals surface area contributed by atoms with Crippen LogP contribution >= 0.6 is 0 Å². The maximum absolute atomic E-state index is 14.3. The van der Waals surface area contributed by atoms with Gasteiger partial charge in [0.1, 0.15) is 5.75 Å². The van der Waals surface area contributed by atoms with E-state index < -0.39 is 46.9 Å². The van der Waals surface area contributed by atoms with Crippen LogP contribution in [0.3, 0.4) is 0 Å². The van der Waals surface area contributed by atoms with Crippen molar-refractivity contribution in [2.45, 2.75) is 56.8 Å². The highest BCUT2D eigenvalue weighted by Gasteiger charge is 2.45. The number of ether oxygens (including phenoxy) is 2. The lowest BCUT2D eigenvalue weighted by atomic mass is 9.85. The third kappa shape index (κ3) is 6.58. The molecule has 222 valence electrons. The summed E-state index contributed by atoms with van der Waals surface area (Å²) in [6.07, 6.45) is -4.57. The van der Waals surface area contributed by atoms with Crippen molar-refractivity contribution in [3.05, 3.63) is 59.2 Å². The Balaban J connectivity index is 1.72. The van der Waals surface area contributed by atoms with Crippen molar-refractivity contribution in [3.63, 3.8) is 0 Å². The molecule has 41 heavy (non-hydrogen) atoms. The summed E-state index contributed by atoms with van der Waals surface area (Å²) < 4.78 is 53.7. The molecule has 4 rings (SSSR count). The van der Waals surface area contributed by atoms with Crippen LogP contribution in [0.15, 0.2) is 42.5 Å². The highest BCUT2D eigenvalue weighted by Crippen LogP contribution is 2.44. The van der Waals surface area contributed by atoms with Gasteiger partial charge in [0.2, 0.25) is 0 Å². The lowest BCUT2D eigenvalue weighted by Gasteiger charge is -2.40. The Bertz CT molecular complexity index is 1280. The van der Waals surface area contributed by atoms with Crippen molar-refractivity contribution < 1.29 is 42.1 Å². The Labute approximate surface area is 236 Å². The van der Waals surface area contributed by atoms with Crippen LogP contribution < -0.4 is 15.0 Å². The number of amides is 3. The van der Waals surface area contributed by atoms with Crippen LogP contribution in [0.1, 0.15) is 60.5 Å². The first-order valence-corrected chi connectivity index (χ1v) is 13.4. The Morgan fingerprint density at radius 3 is 2.51 bits per heavy atom. The summed E-state index contributed by atoms with van der Waals surface area (Å²) in [4.78, 5) is 41.0. The maximum atomic E-state index is 14.3. The molecule has 1 fully saturated rings. The Hall–Kier alpha value is -3.80. The number of anilines is 1. The minimum atomic E-state index is -4.90. The van der Waals surface area contributed by atoms with E-state index in [4.69, 9.17) is 9.47 Å². The molecule has 0 spiro atoms. The number of benzene rings is 2. The molecule has 0 unspecified atom stereocenters. The number of nitrogens with one attached hydrogen (secondary N) is 1. The number of fused-ring (bicyclic) bond motifs is 1. The second-order valence-corrected chi connectivity index (χ2v) is 10.7. The van der Waals surface area contributed by atoms with Crippen LogP contribution in [0.2, 0.25) is 0 Å². The third-order valence-corrected chi connectivity index (χ3v) is 7.47. The largest absolute Gasteiger partial charge is 0.476 e. The van der Waals surface area contributed by atoms with E-state index in [9.17, 15) is 32.7 Å². The summed E-state index contributed by atoms with van der Waals surface area (Å²) in [5.74, 6) is -1.93. The number of likely N-dealkylation sites (tertiary alicyclic amines) is 1. The summed E-state index contributed by atoms with van der Waals surface area (Å²) in [7, 11) is 1.55. The second-order valence-electron chi connectivity index (χ2n) is 10.7. The average Bonchev–Trinajstić information content (AvgIpc) is 2.92. The van der Waals surface area contributed by atoms with Gasteiger partial charge in [-0.3, -0.25) is 9.59 Å². The molecule has 0 aromatic heterocycles. The number of carbonyl (C=O) groups excluding carboxylic acids is 2. The Morgan fingerprint density at radius 1 is 1.17 bits per heavy atom. The first-order valence-electron chi connectivity index (χ1n) is 13.4. The number of alkyl halides is 3. The predicted molar refractivity (Wildman–Crippen MR) is 144 cm³/mol. The minimum absolute atomic E-state index is 0.0697. The molecule has 2 aliphatic rings. The van der Waals surface area contributed by atoms with Gasteiger partial charge in [0.25, 0.3) is 11.8 Å². The molecule has 2 heterocycles. The van der Waals surface area contributed by atoms with Crippen molar-refractivity contribution in [1.82, 2.24) is 10.2 Å². The first kappa shape index (κ1) is 30.2. The Morgan fingerprint density at radius 2 is 1.88 bits per heavy atom. The van der Waals surface area contributed by atoms with E-state index in [1.807, 2.05) is 30.3 Å². The maximum Gasteiger partial charge on any atom is 0.417 e. The molecular formula is C29H34F3N3O6. The van der Waals surface area contributed by atoms with Crippen molar-refractivity contribution in [1.29, 1.82) is 0 Å². The fourth-order valence-electron chi connectivity index (χ4n) is 5.39. The molecule has 3 amide bonds. The SMILES string of the molecule is COCCCCN1C(=O)C(C)(C)Oc2cc(C(F)(F)F)c(C(=O)N[C@@H]3CN(C(=O)O)CC[C@@H]3c3ccccc3)cc21. The van der Waals surface area contributed by atoms with Gasteiger partial charge in [-0.05, 0) is 50.8 Å². The zero-order valence-electron chi connectivity index (χ0n) is 23.2. The number of piperidine rings is 1. The molecule has 0 aliphatic carbocycles. The summed E-state index contributed by atoms with van der Waals surface area (Å²) in [5.41, 5.74) is -2.38. The summed E-state index contributed by atoms with van der Waals surface area (Å²) in [6, 6.07) is 10.1. The molecule has 1 saturated heterocycles. The number of carbonyl (C=O) groups is 3. The van der Waals surface area contributed by atoms with Crippen molar-refractivity contribution in [2.24, 2.45) is 0 Å². The van der Waals surface area contributed by atoms with Gasteiger partial charge in [-0.15, -0.1) is 0 Å². The second kappa shape index (κ2) is 12.0. The predicted octanol–water partition coefficient (Wildman–Crippen LogP) is 4.90. The summed E-state index contributed by atoms with van der Waals surface area (Å²) >= 11 is 0. The molecule has 2 aromatic carbocycles. The van der Waals surface area contributed by atoms with E-state index in [0.717, 1.165) is 22.6 Å². The number of nitrogens with zero attached hydrogens (tertiary/aromatic N) is 2. The Kier molecular flexibility index (Phi) is 8.81. The molecule has 12 heteroatoms. The lowest BCUT2D eigenvalue weighted by molar-refractivity contribution is -0.138. The minimum Gasteiger partial charge on any atom is -0.476 e. The van der Waals surface area contributed by atoms with Gasteiger partial charge >= 0.3 is 12.3 Å². The number of carboxylic acid groups (broad SMARTS) is 1. The van der Waals surface area contributed by atoms with Crippen LogP contribution in [0.5, 0.6) is 5.75 Å². The quantitative estimate of drug-likeness (QED) is 0.432. The van der Waals surface area contributed by atoms with Crippen LogP contribution in [-0.2, 0) is 15.7 Å². The van der Waals surface area contributed by atoms with Gasteiger partial charge in [0.05, 0.1) is 22.9 Å². The van der Waals surface area contributed by atoms with Gasteiger partial charge in [-0.25, -0.2) is 4.79 Å². The van der Waals surface area contributed by atoms with E-state index in [1.165, 1.54) is 18.7 Å². The van der Waals surface area contributed by atoms with Crippen LogP contribution in [0, 0.1) is 0 Å². The van der Waals surface area contributed by atoms with E-state index in [2.05, 4.69) is 5.32 Å².